The summed E-state index contributed by atoms with van der Waals surface area (Å²) in [5.74, 6) is -0.368. The van der Waals surface area contributed by atoms with Gasteiger partial charge in [-0.25, -0.2) is 9.07 Å². The van der Waals surface area contributed by atoms with E-state index in [1.54, 1.807) is 34.6 Å². The summed E-state index contributed by atoms with van der Waals surface area (Å²) in [7, 11) is 1.75. The summed E-state index contributed by atoms with van der Waals surface area (Å²) in [6.07, 6.45) is 1.70. The van der Waals surface area contributed by atoms with Gasteiger partial charge in [0.2, 0.25) is 0 Å². The zero-order chi connectivity index (χ0) is 19.0. The molecule has 0 aliphatic carbocycles. The minimum Gasteiger partial charge on any atom is -0.326 e. The van der Waals surface area contributed by atoms with Crippen LogP contribution in [0.1, 0.15) is 11.1 Å². The average Bonchev–Trinajstić information content (AvgIpc) is 3.14. The van der Waals surface area contributed by atoms with E-state index in [-0.39, 0.29) is 24.5 Å². The summed E-state index contributed by atoms with van der Waals surface area (Å²) in [4.78, 5) is 12.6. The summed E-state index contributed by atoms with van der Waals surface area (Å²) < 4.78 is 17.2. The van der Waals surface area contributed by atoms with Crippen molar-refractivity contribution in [3.05, 3.63) is 82.0 Å². The Balaban J connectivity index is 1.67. The van der Waals surface area contributed by atoms with Crippen LogP contribution in [0.25, 0.3) is 22.2 Å². The molecule has 2 aromatic carbocycles. The van der Waals surface area contributed by atoms with Crippen molar-refractivity contribution in [3.8, 4) is 11.3 Å². The number of para-hydroxylation sites is 1. The molecule has 4 rings (SSSR count). The van der Waals surface area contributed by atoms with E-state index in [9.17, 15) is 9.18 Å². The number of pyridine rings is 1. The second kappa shape index (κ2) is 6.77. The second-order valence-corrected chi connectivity index (χ2v) is 6.40. The van der Waals surface area contributed by atoms with E-state index < -0.39 is 0 Å². The summed E-state index contributed by atoms with van der Waals surface area (Å²) in [6, 6.07) is 14.4. The molecule has 6 nitrogen and oxygen atoms in total. The highest BCUT2D eigenvalue weighted by molar-refractivity contribution is 5.79. The van der Waals surface area contributed by atoms with E-state index in [4.69, 9.17) is 5.73 Å². The van der Waals surface area contributed by atoms with Crippen LogP contribution in [0.4, 0.5) is 4.39 Å². The van der Waals surface area contributed by atoms with Crippen LogP contribution in [0.3, 0.4) is 0 Å². The van der Waals surface area contributed by atoms with Gasteiger partial charge in [0, 0.05) is 30.3 Å². The Morgan fingerprint density at radius 1 is 1.11 bits per heavy atom. The van der Waals surface area contributed by atoms with Gasteiger partial charge in [-0.2, -0.15) is 0 Å². The number of rotatable bonds is 4. The Kier molecular flexibility index (Phi) is 4.29. The van der Waals surface area contributed by atoms with Crippen LogP contribution in [0.5, 0.6) is 0 Å². The molecule has 4 aromatic rings. The smallest absolute Gasteiger partial charge is 0.255 e. The fraction of sp³-hybridized carbons (Fsp3) is 0.150. The SMILES string of the molecule is Cn1c(=O)c(Cn2cc(-c3ccc(CN)c(F)c3)nn2)cc2ccccc21. The summed E-state index contributed by atoms with van der Waals surface area (Å²) in [5, 5.41) is 9.16. The van der Waals surface area contributed by atoms with Gasteiger partial charge < -0.3 is 10.3 Å². The molecule has 0 aliphatic rings. The number of benzene rings is 2. The number of aromatic nitrogens is 4. The number of nitrogens with zero attached hydrogens (tertiary/aromatic N) is 4. The number of fused-ring (bicyclic) bond motifs is 1. The second-order valence-electron chi connectivity index (χ2n) is 6.40. The van der Waals surface area contributed by atoms with E-state index in [1.807, 2.05) is 30.3 Å². The zero-order valence-electron chi connectivity index (χ0n) is 14.8. The molecule has 2 heterocycles. The minimum atomic E-state index is -0.368. The molecular weight excluding hydrogens is 345 g/mol. The molecule has 2 aromatic heterocycles. The fourth-order valence-corrected chi connectivity index (χ4v) is 3.16. The highest BCUT2D eigenvalue weighted by atomic mass is 19.1. The largest absolute Gasteiger partial charge is 0.326 e. The van der Waals surface area contributed by atoms with Crippen LogP contribution >= 0.6 is 0 Å². The fourth-order valence-electron chi connectivity index (χ4n) is 3.16. The average molecular weight is 363 g/mol. The van der Waals surface area contributed by atoms with E-state index >= 15 is 0 Å². The number of aryl methyl sites for hydroxylation is 1. The molecule has 0 amide bonds. The Bertz CT molecular complexity index is 1190. The van der Waals surface area contributed by atoms with Gasteiger partial charge in [0.1, 0.15) is 11.5 Å². The molecule has 136 valence electrons. The molecule has 0 bridgehead atoms. The highest BCUT2D eigenvalue weighted by Crippen LogP contribution is 2.20. The quantitative estimate of drug-likeness (QED) is 0.604. The molecule has 0 saturated heterocycles. The third-order valence-corrected chi connectivity index (χ3v) is 4.65. The monoisotopic (exact) mass is 363 g/mol. The van der Waals surface area contributed by atoms with Crippen LogP contribution in [-0.4, -0.2) is 19.6 Å². The number of halogens is 1. The maximum atomic E-state index is 14.0. The molecule has 0 radical (unpaired) electrons. The lowest BCUT2D eigenvalue weighted by Gasteiger charge is -2.08. The van der Waals surface area contributed by atoms with Crippen molar-refractivity contribution in [1.29, 1.82) is 0 Å². The van der Waals surface area contributed by atoms with Gasteiger partial charge in [0.05, 0.1) is 18.3 Å². The summed E-state index contributed by atoms with van der Waals surface area (Å²) >= 11 is 0. The molecule has 27 heavy (non-hydrogen) atoms. The van der Waals surface area contributed by atoms with Gasteiger partial charge in [-0.15, -0.1) is 5.10 Å². The van der Waals surface area contributed by atoms with Crippen LogP contribution in [0.15, 0.2) is 59.5 Å². The Hall–Kier alpha value is -3.32. The predicted octanol–water partition coefficient (Wildman–Crippen LogP) is 2.44. The van der Waals surface area contributed by atoms with E-state index in [2.05, 4.69) is 10.3 Å². The van der Waals surface area contributed by atoms with Gasteiger partial charge in [-0.3, -0.25) is 4.79 Å². The normalized spacial score (nSPS) is 11.2. The zero-order valence-corrected chi connectivity index (χ0v) is 14.8. The predicted molar refractivity (Wildman–Crippen MR) is 102 cm³/mol. The molecule has 2 N–H and O–H groups in total. The lowest BCUT2D eigenvalue weighted by atomic mass is 10.1. The Labute approximate surface area is 154 Å². The molecular formula is C20H18FN5O. The van der Waals surface area contributed by atoms with Crippen molar-refractivity contribution in [2.75, 3.05) is 0 Å². The molecule has 0 spiro atoms. The van der Waals surface area contributed by atoms with E-state index in [1.165, 1.54) is 6.07 Å². The van der Waals surface area contributed by atoms with Crippen LogP contribution in [0, 0.1) is 5.82 Å². The van der Waals surface area contributed by atoms with Crippen LogP contribution in [0.2, 0.25) is 0 Å². The summed E-state index contributed by atoms with van der Waals surface area (Å²) in [6.45, 7) is 0.429. The van der Waals surface area contributed by atoms with Crippen molar-refractivity contribution >= 4 is 10.9 Å². The van der Waals surface area contributed by atoms with Gasteiger partial charge in [-0.1, -0.05) is 35.5 Å². The standard InChI is InChI=1S/C20H18FN5O/c1-25-19-5-3-2-4-14(19)8-16(20(25)27)11-26-12-18(23-24-26)13-6-7-15(10-22)17(21)9-13/h2-9,12H,10-11,22H2,1H3. The van der Waals surface area contributed by atoms with Crippen molar-refractivity contribution in [2.45, 2.75) is 13.1 Å². The van der Waals surface area contributed by atoms with Gasteiger partial charge in [0.15, 0.2) is 0 Å². The van der Waals surface area contributed by atoms with Crippen molar-refractivity contribution < 1.29 is 4.39 Å². The molecule has 0 fully saturated rings. The third-order valence-electron chi connectivity index (χ3n) is 4.65. The van der Waals surface area contributed by atoms with Gasteiger partial charge in [-0.05, 0) is 23.6 Å². The van der Waals surface area contributed by atoms with Crippen molar-refractivity contribution in [3.63, 3.8) is 0 Å². The lowest BCUT2D eigenvalue weighted by Crippen LogP contribution is -2.23. The first-order valence-corrected chi connectivity index (χ1v) is 8.53. The maximum absolute atomic E-state index is 14.0. The number of hydrogen-bond donors (Lipinski definition) is 1. The topological polar surface area (TPSA) is 78.7 Å². The van der Waals surface area contributed by atoms with Crippen LogP contribution in [-0.2, 0) is 20.1 Å². The van der Waals surface area contributed by atoms with Crippen molar-refractivity contribution in [2.24, 2.45) is 12.8 Å². The highest BCUT2D eigenvalue weighted by Gasteiger charge is 2.11. The molecule has 0 aliphatic heterocycles. The first kappa shape index (κ1) is 17.1. The Morgan fingerprint density at radius 3 is 2.70 bits per heavy atom. The minimum absolute atomic E-state index is 0.0795. The maximum Gasteiger partial charge on any atom is 0.255 e. The summed E-state index contributed by atoms with van der Waals surface area (Å²) in [5.41, 5.74) is 8.50. The molecule has 0 atom stereocenters. The van der Waals surface area contributed by atoms with Gasteiger partial charge in [0.25, 0.3) is 5.56 Å². The molecule has 0 unspecified atom stereocenters. The van der Waals surface area contributed by atoms with Crippen LogP contribution < -0.4 is 11.3 Å². The third kappa shape index (κ3) is 3.13. The van der Waals surface area contributed by atoms with E-state index in [0.717, 1.165) is 10.9 Å². The Morgan fingerprint density at radius 2 is 1.93 bits per heavy atom. The van der Waals surface area contributed by atoms with Gasteiger partial charge >= 0.3 is 0 Å². The first-order valence-electron chi connectivity index (χ1n) is 8.53. The van der Waals surface area contributed by atoms with Crippen molar-refractivity contribution in [1.82, 2.24) is 19.6 Å². The lowest BCUT2D eigenvalue weighted by molar-refractivity contribution is 0.611. The number of hydrogen-bond acceptors (Lipinski definition) is 4. The van der Waals surface area contributed by atoms with E-state index in [0.29, 0.717) is 22.4 Å². The molecule has 7 heteroatoms. The molecule has 0 saturated carbocycles. The number of nitrogens with two attached hydrogens (primary N) is 1. The first-order chi connectivity index (χ1) is 13.1.